The molecule has 2 rings (SSSR count). The second-order valence-electron chi connectivity index (χ2n) is 4.16. The van der Waals surface area contributed by atoms with E-state index in [2.05, 4.69) is 15.9 Å². The molecular weight excluding hydrogens is 336 g/mol. The smallest absolute Gasteiger partial charge is 0.371 e. The van der Waals surface area contributed by atoms with Gasteiger partial charge in [0.05, 0.1) is 4.88 Å². The van der Waals surface area contributed by atoms with Gasteiger partial charge in [0.1, 0.15) is 0 Å². The minimum absolute atomic E-state index is 0.347. The molecule has 1 aromatic rings. The number of ether oxygens (including phenoxy) is 1. The van der Waals surface area contributed by atoms with E-state index in [9.17, 15) is 14.4 Å². The molecule has 1 N–H and O–H groups in total. The van der Waals surface area contributed by atoms with Gasteiger partial charge in [0.25, 0.3) is 0 Å². The van der Waals surface area contributed by atoms with Crippen molar-refractivity contribution in [2.45, 2.75) is 19.4 Å². The van der Waals surface area contributed by atoms with Crippen molar-refractivity contribution in [3.63, 3.8) is 0 Å². The lowest BCUT2D eigenvalue weighted by molar-refractivity contribution is -0.138. The van der Waals surface area contributed by atoms with Crippen LogP contribution < -0.4 is 0 Å². The molecule has 0 saturated heterocycles. The lowest BCUT2D eigenvalue weighted by atomic mass is 9.95. The minimum Gasteiger partial charge on any atom is -0.475 e. The second kappa shape index (κ2) is 4.57. The maximum atomic E-state index is 12.3. The summed E-state index contributed by atoms with van der Waals surface area (Å²) < 4.78 is 5.81. The van der Waals surface area contributed by atoms with Gasteiger partial charge in [-0.15, -0.1) is 11.3 Å². The first-order chi connectivity index (χ1) is 8.75. The van der Waals surface area contributed by atoms with Gasteiger partial charge >= 0.3 is 5.97 Å². The van der Waals surface area contributed by atoms with Crippen molar-refractivity contribution in [1.82, 2.24) is 0 Å². The Kier molecular flexibility index (Phi) is 3.36. The van der Waals surface area contributed by atoms with Crippen LogP contribution in [0.15, 0.2) is 22.4 Å². The fourth-order valence-corrected chi connectivity index (χ4v) is 3.20. The average Bonchev–Trinajstić information content (AvgIpc) is 2.82. The fraction of sp³-hybridized carbons (Fsp3) is 0.250. The zero-order chi connectivity index (χ0) is 14.4. The van der Waals surface area contributed by atoms with E-state index in [4.69, 9.17) is 9.84 Å². The summed E-state index contributed by atoms with van der Waals surface area (Å²) >= 11 is 4.51. The number of aryl methyl sites for hydroxylation is 1. The van der Waals surface area contributed by atoms with Gasteiger partial charge in [-0.3, -0.25) is 9.59 Å². The van der Waals surface area contributed by atoms with Crippen LogP contribution in [0.1, 0.15) is 21.5 Å². The zero-order valence-electron chi connectivity index (χ0n) is 10.0. The Morgan fingerprint density at radius 3 is 2.53 bits per heavy atom. The molecule has 1 aliphatic rings. The highest BCUT2D eigenvalue weighted by Gasteiger charge is 2.49. The van der Waals surface area contributed by atoms with Crippen LogP contribution in [-0.2, 0) is 14.3 Å². The molecule has 0 saturated carbocycles. The number of carboxylic acid groups (broad SMARTS) is 1. The predicted octanol–water partition coefficient (Wildman–Crippen LogP) is 2.33. The van der Waals surface area contributed by atoms with Gasteiger partial charge in [0, 0.05) is 15.4 Å². The van der Waals surface area contributed by atoms with Crippen molar-refractivity contribution < 1.29 is 24.2 Å². The number of thiophene rings is 1. The SMILES string of the molecule is Cc1sc(C(=O)C2(C)OC(C(=O)O)=CC2=O)cc1Br. The number of halogens is 1. The molecular formula is C12H9BrO5S. The number of aliphatic carboxylic acids is 1. The van der Waals surface area contributed by atoms with Gasteiger partial charge in [-0.25, -0.2) is 4.79 Å². The standard InChI is InChI=1S/C12H9BrO5S/c1-5-6(13)3-8(19-5)10(15)12(2)9(14)4-7(18-12)11(16)17/h3-4H,1-2H3,(H,16,17). The van der Waals surface area contributed by atoms with E-state index in [1.807, 2.05) is 6.92 Å². The van der Waals surface area contributed by atoms with E-state index >= 15 is 0 Å². The van der Waals surface area contributed by atoms with Crippen LogP contribution in [0.4, 0.5) is 0 Å². The first kappa shape index (κ1) is 14.0. The van der Waals surface area contributed by atoms with Crippen LogP contribution in [0.25, 0.3) is 0 Å². The number of hydrogen-bond acceptors (Lipinski definition) is 5. The summed E-state index contributed by atoms with van der Waals surface area (Å²) in [5, 5.41) is 8.80. The first-order valence-electron chi connectivity index (χ1n) is 5.25. The van der Waals surface area contributed by atoms with Gasteiger partial charge < -0.3 is 9.84 Å². The maximum absolute atomic E-state index is 12.3. The summed E-state index contributed by atoms with van der Waals surface area (Å²) in [6.45, 7) is 3.11. The van der Waals surface area contributed by atoms with Gasteiger partial charge in [0.15, 0.2) is 0 Å². The highest BCUT2D eigenvalue weighted by atomic mass is 79.9. The van der Waals surface area contributed by atoms with Crippen molar-refractivity contribution >= 4 is 44.8 Å². The molecule has 0 radical (unpaired) electrons. The molecule has 0 aromatic carbocycles. The van der Waals surface area contributed by atoms with E-state index in [1.165, 1.54) is 18.3 Å². The van der Waals surface area contributed by atoms with Crippen LogP contribution in [0, 0.1) is 6.92 Å². The zero-order valence-corrected chi connectivity index (χ0v) is 12.4. The number of carboxylic acids is 1. The topological polar surface area (TPSA) is 80.7 Å². The Bertz CT molecular complexity index is 611. The molecule has 0 bridgehead atoms. The lowest BCUT2D eigenvalue weighted by Crippen LogP contribution is -2.41. The number of hydrogen-bond donors (Lipinski definition) is 1. The predicted molar refractivity (Wildman–Crippen MR) is 71.3 cm³/mol. The van der Waals surface area contributed by atoms with Crippen LogP contribution >= 0.6 is 27.3 Å². The molecule has 1 unspecified atom stereocenters. The maximum Gasteiger partial charge on any atom is 0.371 e. The van der Waals surface area contributed by atoms with Crippen LogP contribution in [0.2, 0.25) is 0 Å². The summed E-state index contributed by atoms with van der Waals surface area (Å²) in [5.74, 6) is -3.07. The molecule has 0 aliphatic carbocycles. The quantitative estimate of drug-likeness (QED) is 0.672. The van der Waals surface area contributed by atoms with Crippen LogP contribution in [0.5, 0.6) is 0 Å². The fourth-order valence-electron chi connectivity index (χ4n) is 1.63. The summed E-state index contributed by atoms with van der Waals surface area (Å²) in [5.41, 5.74) is -1.79. The number of carbonyl (C=O) groups is 3. The molecule has 19 heavy (non-hydrogen) atoms. The third-order valence-electron chi connectivity index (χ3n) is 2.77. The number of carbonyl (C=O) groups excluding carboxylic acids is 2. The molecule has 0 amide bonds. The Morgan fingerprint density at radius 2 is 2.11 bits per heavy atom. The molecule has 1 atom stereocenters. The first-order valence-corrected chi connectivity index (χ1v) is 6.86. The van der Waals surface area contributed by atoms with Gasteiger partial charge in [0.2, 0.25) is 22.9 Å². The lowest BCUT2D eigenvalue weighted by Gasteiger charge is -2.20. The van der Waals surface area contributed by atoms with Crippen LogP contribution in [-0.4, -0.2) is 28.2 Å². The molecule has 2 heterocycles. The summed E-state index contributed by atoms with van der Waals surface area (Å²) in [4.78, 5) is 36.2. The van der Waals surface area contributed by atoms with Crippen molar-refractivity contribution in [1.29, 1.82) is 0 Å². The van der Waals surface area contributed by atoms with Crippen LogP contribution in [0.3, 0.4) is 0 Å². The van der Waals surface area contributed by atoms with E-state index < -0.39 is 28.9 Å². The number of Topliss-reactive ketones (excluding diaryl/α,β-unsaturated/α-hetero) is 1. The van der Waals surface area contributed by atoms with E-state index in [0.717, 1.165) is 15.4 Å². The number of ketones is 2. The summed E-state index contributed by atoms with van der Waals surface area (Å²) in [6, 6.07) is 1.60. The number of rotatable bonds is 3. The molecule has 7 heteroatoms. The van der Waals surface area contributed by atoms with E-state index in [1.54, 1.807) is 6.07 Å². The Balaban J connectivity index is 2.35. The highest BCUT2D eigenvalue weighted by molar-refractivity contribution is 9.10. The van der Waals surface area contributed by atoms with E-state index in [-0.39, 0.29) is 0 Å². The van der Waals surface area contributed by atoms with E-state index in [0.29, 0.717) is 4.88 Å². The third kappa shape index (κ3) is 2.23. The molecule has 1 aliphatic heterocycles. The van der Waals surface area contributed by atoms with Crippen molar-refractivity contribution in [2.75, 3.05) is 0 Å². The second-order valence-corrected chi connectivity index (χ2v) is 6.27. The Labute approximate surface area is 121 Å². The summed E-state index contributed by atoms with van der Waals surface area (Å²) in [6.07, 6.45) is 0.843. The third-order valence-corrected chi connectivity index (χ3v) is 4.91. The van der Waals surface area contributed by atoms with Crippen molar-refractivity contribution in [2.24, 2.45) is 0 Å². The van der Waals surface area contributed by atoms with Crippen molar-refractivity contribution in [3.05, 3.63) is 32.1 Å². The van der Waals surface area contributed by atoms with Gasteiger partial charge in [-0.05, 0) is 35.8 Å². The molecule has 100 valence electrons. The monoisotopic (exact) mass is 344 g/mol. The Morgan fingerprint density at radius 1 is 1.47 bits per heavy atom. The normalized spacial score (nSPS) is 22.1. The molecule has 1 aromatic heterocycles. The van der Waals surface area contributed by atoms with Gasteiger partial charge in [-0.2, -0.15) is 0 Å². The van der Waals surface area contributed by atoms with Crippen molar-refractivity contribution in [3.8, 4) is 0 Å². The Hall–Kier alpha value is -1.47. The average molecular weight is 345 g/mol. The molecule has 0 spiro atoms. The largest absolute Gasteiger partial charge is 0.475 e. The summed E-state index contributed by atoms with van der Waals surface area (Å²) in [7, 11) is 0. The minimum atomic E-state index is -1.79. The highest BCUT2D eigenvalue weighted by Crippen LogP contribution is 2.34. The molecule has 5 nitrogen and oxygen atoms in total. The molecule has 0 fully saturated rings. The van der Waals surface area contributed by atoms with Gasteiger partial charge in [-0.1, -0.05) is 0 Å².